The van der Waals surface area contributed by atoms with Gasteiger partial charge in [0.2, 0.25) is 0 Å². The van der Waals surface area contributed by atoms with Gasteiger partial charge < -0.3 is 20.4 Å². The van der Waals surface area contributed by atoms with Crippen LogP contribution in [0, 0.1) is 11.8 Å². The number of hydrogen-bond acceptors (Lipinski definition) is 4. The van der Waals surface area contributed by atoms with Crippen molar-refractivity contribution in [3.8, 4) is 23.0 Å². The van der Waals surface area contributed by atoms with Crippen molar-refractivity contribution in [2.75, 3.05) is 0 Å². The first kappa shape index (κ1) is 40.2. The molecule has 4 nitrogen and oxygen atoms in total. The van der Waals surface area contributed by atoms with Crippen LogP contribution in [-0.4, -0.2) is 20.4 Å². The van der Waals surface area contributed by atoms with E-state index < -0.39 is 0 Å². The first-order chi connectivity index (χ1) is 20.0. The summed E-state index contributed by atoms with van der Waals surface area (Å²) in [5.41, 5.74) is 0. The zero-order chi connectivity index (χ0) is 31.8. The molecule has 4 aromatic carbocycles. The molecule has 4 aromatic rings. The maximum absolute atomic E-state index is 8.63. The number of aromatic hydroxyl groups is 4. The molecule has 0 aromatic heterocycles. The summed E-state index contributed by atoms with van der Waals surface area (Å²) in [7, 11) is 0. The fraction of sp³-hybridized carbons (Fsp3) is 0.368. The van der Waals surface area contributed by atoms with Gasteiger partial charge in [0.05, 0.1) is 0 Å². The van der Waals surface area contributed by atoms with Gasteiger partial charge in [-0.2, -0.15) is 0 Å². The van der Waals surface area contributed by atoms with Crippen molar-refractivity contribution in [3.63, 3.8) is 0 Å². The minimum absolute atomic E-state index is 0.322. The van der Waals surface area contributed by atoms with Gasteiger partial charge in [-0.1, -0.05) is 153 Å². The number of phenols is 4. The lowest BCUT2D eigenvalue weighted by Crippen LogP contribution is -1.85. The zero-order valence-electron chi connectivity index (χ0n) is 26.7. The Labute approximate surface area is 256 Å². The number of benzene rings is 4. The van der Waals surface area contributed by atoms with Gasteiger partial charge in [0.15, 0.2) is 0 Å². The summed E-state index contributed by atoms with van der Waals surface area (Å²) < 4.78 is 0. The summed E-state index contributed by atoms with van der Waals surface area (Å²) in [6.07, 6.45) is 9.00. The molecule has 0 saturated heterocycles. The van der Waals surface area contributed by atoms with Crippen LogP contribution in [0.1, 0.15) is 80.1 Å². The molecule has 0 atom stereocenters. The molecular formula is C38H56O4. The molecule has 42 heavy (non-hydrogen) atoms. The van der Waals surface area contributed by atoms with Crippen LogP contribution in [0.2, 0.25) is 0 Å². The summed E-state index contributed by atoms with van der Waals surface area (Å²) in [5, 5.41) is 34.5. The van der Waals surface area contributed by atoms with Crippen molar-refractivity contribution in [1.29, 1.82) is 0 Å². The van der Waals surface area contributed by atoms with Crippen LogP contribution in [0.3, 0.4) is 0 Å². The molecule has 1 aliphatic rings. The molecule has 0 unspecified atom stereocenters. The molecular weight excluding hydrogens is 520 g/mol. The third-order valence-electron chi connectivity index (χ3n) is 4.52. The second kappa shape index (κ2) is 30.0. The van der Waals surface area contributed by atoms with E-state index in [0.29, 0.717) is 23.0 Å². The standard InChI is InChI=1S/4C6H6O.C6H12.2C4H10/c4*7-6-4-2-1-3-5-6;1-2-4-6-5-3-1;2*1-4(2)3/h4*1-5,7H;1-6H2;2*4H,1-3H3. The Morgan fingerprint density at radius 3 is 0.500 bits per heavy atom. The molecule has 4 N–H and O–H groups in total. The van der Waals surface area contributed by atoms with Crippen LogP contribution >= 0.6 is 0 Å². The molecule has 0 bridgehead atoms. The Morgan fingerprint density at radius 2 is 0.429 bits per heavy atom. The highest BCUT2D eigenvalue weighted by molar-refractivity contribution is 5.20. The predicted molar refractivity (Wildman–Crippen MR) is 181 cm³/mol. The monoisotopic (exact) mass is 576 g/mol. The van der Waals surface area contributed by atoms with Crippen LogP contribution in [0.15, 0.2) is 121 Å². The molecule has 5 rings (SSSR count). The average molecular weight is 577 g/mol. The van der Waals surface area contributed by atoms with Gasteiger partial charge in [0.25, 0.3) is 0 Å². The fourth-order valence-electron chi connectivity index (χ4n) is 2.77. The Morgan fingerprint density at radius 1 is 0.310 bits per heavy atom. The minimum Gasteiger partial charge on any atom is -0.508 e. The Hall–Kier alpha value is -3.92. The van der Waals surface area contributed by atoms with E-state index in [1.165, 1.54) is 38.5 Å². The zero-order valence-corrected chi connectivity index (χ0v) is 26.7. The highest BCUT2D eigenvalue weighted by atomic mass is 16.3. The fourth-order valence-corrected chi connectivity index (χ4v) is 2.77. The Kier molecular flexibility index (Phi) is 28.8. The van der Waals surface area contributed by atoms with Gasteiger partial charge in [-0.05, 0) is 60.4 Å². The van der Waals surface area contributed by atoms with E-state index in [9.17, 15) is 0 Å². The summed E-state index contributed by atoms with van der Waals surface area (Å²) in [5.74, 6) is 2.95. The third-order valence-corrected chi connectivity index (χ3v) is 4.52. The van der Waals surface area contributed by atoms with E-state index in [-0.39, 0.29) is 0 Å². The lowest BCUT2D eigenvalue weighted by molar-refractivity contribution is 0.475. The van der Waals surface area contributed by atoms with Gasteiger partial charge in [0, 0.05) is 0 Å². The molecule has 0 spiro atoms. The van der Waals surface area contributed by atoms with Crippen LogP contribution < -0.4 is 0 Å². The quantitative estimate of drug-likeness (QED) is 0.168. The van der Waals surface area contributed by atoms with Gasteiger partial charge >= 0.3 is 0 Å². The average Bonchev–Trinajstić information content (AvgIpc) is 2.97. The Bertz CT molecular complexity index is 845. The summed E-state index contributed by atoms with van der Waals surface area (Å²) in [4.78, 5) is 0. The third kappa shape index (κ3) is 38.2. The van der Waals surface area contributed by atoms with E-state index in [1.54, 1.807) is 97.1 Å². The van der Waals surface area contributed by atoms with Gasteiger partial charge in [0.1, 0.15) is 23.0 Å². The SMILES string of the molecule is C1CCCCC1.CC(C)C.CC(C)C.Oc1ccccc1.Oc1ccccc1.Oc1ccccc1.Oc1ccccc1. The molecule has 4 heteroatoms. The van der Waals surface area contributed by atoms with Crippen LogP contribution in [-0.2, 0) is 0 Å². The summed E-state index contributed by atoms with van der Waals surface area (Å²) in [6.45, 7) is 13.0. The van der Waals surface area contributed by atoms with Crippen LogP contribution in [0.5, 0.6) is 23.0 Å². The topological polar surface area (TPSA) is 80.9 Å². The van der Waals surface area contributed by atoms with Crippen LogP contribution in [0.25, 0.3) is 0 Å². The second-order valence-electron chi connectivity index (χ2n) is 10.9. The molecule has 0 amide bonds. The molecule has 1 fully saturated rings. The van der Waals surface area contributed by atoms with Crippen molar-refractivity contribution in [2.24, 2.45) is 11.8 Å². The van der Waals surface area contributed by atoms with Gasteiger partial charge in [-0.3, -0.25) is 0 Å². The van der Waals surface area contributed by atoms with Gasteiger partial charge in [-0.15, -0.1) is 0 Å². The number of hydrogen-bond donors (Lipinski definition) is 4. The summed E-state index contributed by atoms with van der Waals surface area (Å²) in [6, 6.07) is 34.9. The number of rotatable bonds is 0. The Balaban J connectivity index is 0. The molecule has 1 saturated carbocycles. The maximum atomic E-state index is 8.63. The van der Waals surface area contributed by atoms with Crippen molar-refractivity contribution >= 4 is 0 Å². The van der Waals surface area contributed by atoms with E-state index in [4.69, 9.17) is 20.4 Å². The lowest BCUT2D eigenvalue weighted by atomic mass is 10.0. The largest absolute Gasteiger partial charge is 0.508 e. The van der Waals surface area contributed by atoms with E-state index in [2.05, 4.69) is 41.5 Å². The first-order valence-electron chi connectivity index (χ1n) is 15.0. The molecule has 0 heterocycles. The van der Waals surface area contributed by atoms with Crippen molar-refractivity contribution in [2.45, 2.75) is 80.1 Å². The number of para-hydroxylation sites is 4. The predicted octanol–water partition coefficient (Wildman–Crippen LogP) is 11.2. The normalized spacial score (nSPS) is 10.9. The van der Waals surface area contributed by atoms with Crippen molar-refractivity contribution in [3.05, 3.63) is 121 Å². The highest BCUT2D eigenvalue weighted by Gasteiger charge is 1.95. The van der Waals surface area contributed by atoms with Gasteiger partial charge in [-0.25, -0.2) is 0 Å². The minimum atomic E-state index is 0.322. The molecule has 0 aliphatic heterocycles. The van der Waals surface area contributed by atoms with E-state index in [0.717, 1.165) is 11.8 Å². The van der Waals surface area contributed by atoms with E-state index >= 15 is 0 Å². The highest BCUT2D eigenvalue weighted by Crippen LogP contribution is 2.15. The molecule has 0 radical (unpaired) electrons. The van der Waals surface area contributed by atoms with Crippen LogP contribution in [0.4, 0.5) is 0 Å². The van der Waals surface area contributed by atoms with Crippen molar-refractivity contribution < 1.29 is 20.4 Å². The lowest BCUT2D eigenvalue weighted by Gasteiger charge is -2.05. The maximum Gasteiger partial charge on any atom is 0.115 e. The molecule has 232 valence electrons. The smallest absolute Gasteiger partial charge is 0.115 e. The van der Waals surface area contributed by atoms with E-state index in [1.807, 2.05) is 24.3 Å². The summed E-state index contributed by atoms with van der Waals surface area (Å²) >= 11 is 0. The number of phenolic OH excluding ortho intramolecular Hbond substituents is 4. The first-order valence-corrected chi connectivity index (χ1v) is 15.0. The second-order valence-corrected chi connectivity index (χ2v) is 10.9. The molecule has 1 aliphatic carbocycles. The van der Waals surface area contributed by atoms with Crippen molar-refractivity contribution in [1.82, 2.24) is 0 Å².